The van der Waals surface area contributed by atoms with Crippen molar-refractivity contribution in [2.75, 3.05) is 6.54 Å². The van der Waals surface area contributed by atoms with E-state index in [4.69, 9.17) is 0 Å². The van der Waals surface area contributed by atoms with Gasteiger partial charge in [0.15, 0.2) is 4.21 Å². The number of nitrogens with one attached hydrogen (secondary N) is 1. The van der Waals surface area contributed by atoms with E-state index in [0.717, 1.165) is 22.1 Å². The lowest BCUT2D eigenvalue weighted by molar-refractivity contribution is 0.183. The number of aromatic nitrogens is 1. The first-order chi connectivity index (χ1) is 11.4. The molecule has 126 valence electrons. The topological polar surface area (TPSA) is 79.3 Å². The molecule has 7 heteroatoms. The van der Waals surface area contributed by atoms with Crippen molar-refractivity contribution >= 4 is 32.1 Å². The molecule has 1 atom stereocenters. The first-order valence-corrected chi connectivity index (χ1v) is 9.78. The van der Waals surface area contributed by atoms with Gasteiger partial charge in [0, 0.05) is 6.54 Å². The maximum atomic E-state index is 12.4. The van der Waals surface area contributed by atoms with Gasteiger partial charge in [-0.15, -0.1) is 11.3 Å². The van der Waals surface area contributed by atoms with Gasteiger partial charge < -0.3 is 5.11 Å². The minimum Gasteiger partial charge on any atom is -0.387 e. The van der Waals surface area contributed by atoms with Crippen LogP contribution in [0, 0.1) is 13.8 Å². The summed E-state index contributed by atoms with van der Waals surface area (Å²) in [7, 11) is -3.68. The van der Waals surface area contributed by atoms with Crippen molar-refractivity contribution in [3.63, 3.8) is 0 Å². The molecule has 1 heterocycles. The van der Waals surface area contributed by atoms with Gasteiger partial charge in [-0.2, -0.15) is 0 Å². The Kier molecular flexibility index (Phi) is 4.69. The van der Waals surface area contributed by atoms with Crippen LogP contribution in [0.4, 0.5) is 0 Å². The third-order valence-corrected chi connectivity index (χ3v) is 6.86. The standard InChI is InChI=1S/C17H18N2O3S2/c1-11-17(23-12(2)19-11)24(21,22)18-10-16(20)15-9-5-7-13-6-3-4-8-14(13)15/h3-9,16,18,20H,10H2,1-2H3. The molecule has 0 radical (unpaired) electrons. The highest BCUT2D eigenvalue weighted by Crippen LogP contribution is 2.26. The predicted octanol–water partition coefficient (Wildman–Crippen LogP) is 2.93. The van der Waals surface area contributed by atoms with Crippen LogP contribution in [0.1, 0.15) is 22.4 Å². The molecule has 1 unspecified atom stereocenters. The number of aryl methyl sites for hydroxylation is 2. The van der Waals surface area contributed by atoms with Crippen LogP contribution < -0.4 is 4.72 Å². The highest BCUT2D eigenvalue weighted by Gasteiger charge is 2.22. The van der Waals surface area contributed by atoms with Crippen molar-refractivity contribution < 1.29 is 13.5 Å². The maximum Gasteiger partial charge on any atom is 0.252 e. The molecule has 0 aliphatic rings. The molecule has 0 fully saturated rings. The Morgan fingerprint density at radius 3 is 2.58 bits per heavy atom. The highest BCUT2D eigenvalue weighted by atomic mass is 32.2. The van der Waals surface area contributed by atoms with Gasteiger partial charge >= 0.3 is 0 Å². The van der Waals surface area contributed by atoms with Gasteiger partial charge in [0.25, 0.3) is 10.0 Å². The van der Waals surface area contributed by atoms with E-state index in [1.54, 1.807) is 13.8 Å². The molecule has 2 aromatic carbocycles. The largest absolute Gasteiger partial charge is 0.387 e. The summed E-state index contributed by atoms with van der Waals surface area (Å²) < 4.78 is 27.5. The molecule has 3 aromatic rings. The number of hydrogen-bond acceptors (Lipinski definition) is 5. The van der Waals surface area contributed by atoms with Gasteiger partial charge in [-0.1, -0.05) is 42.5 Å². The summed E-state index contributed by atoms with van der Waals surface area (Å²) in [6, 6.07) is 13.3. The number of sulfonamides is 1. The van der Waals surface area contributed by atoms with Gasteiger partial charge in [0.2, 0.25) is 0 Å². The second kappa shape index (κ2) is 6.60. The third-order valence-electron chi connectivity index (χ3n) is 3.75. The van der Waals surface area contributed by atoms with E-state index in [1.807, 2.05) is 42.5 Å². The highest BCUT2D eigenvalue weighted by molar-refractivity contribution is 7.91. The Bertz CT molecular complexity index is 975. The third kappa shape index (κ3) is 3.34. The molecule has 5 nitrogen and oxygen atoms in total. The lowest BCUT2D eigenvalue weighted by atomic mass is 10.0. The van der Waals surface area contributed by atoms with Crippen LogP contribution in [0.3, 0.4) is 0 Å². The second-order valence-electron chi connectivity index (χ2n) is 5.54. The summed E-state index contributed by atoms with van der Waals surface area (Å²) in [5.74, 6) is 0. The Morgan fingerprint density at radius 1 is 1.17 bits per heavy atom. The molecule has 2 N–H and O–H groups in total. The zero-order chi connectivity index (χ0) is 17.3. The van der Waals surface area contributed by atoms with E-state index in [1.165, 1.54) is 0 Å². The summed E-state index contributed by atoms with van der Waals surface area (Å²) in [5, 5.41) is 13.1. The molecule has 1 aromatic heterocycles. The summed E-state index contributed by atoms with van der Waals surface area (Å²) >= 11 is 1.13. The van der Waals surface area contributed by atoms with E-state index in [2.05, 4.69) is 9.71 Å². The quantitative estimate of drug-likeness (QED) is 0.731. The number of benzene rings is 2. The summed E-state index contributed by atoms with van der Waals surface area (Å²) in [6.45, 7) is 3.34. The summed E-state index contributed by atoms with van der Waals surface area (Å²) in [4.78, 5) is 4.14. The first-order valence-electron chi connectivity index (χ1n) is 7.48. The number of aliphatic hydroxyl groups excluding tert-OH is 1. The molecule has 0 saturated heterocycles. The van der Waals surface area contributed by atoms with Gasteiger partial charge in [-0.3, -0.25) is 0 Å². The van der Waals surface area contributed by atoms with Crippen molar-refractivity contribution in [2.24, 2.45) is 0 Å². The van der Waals surface area contributed by atoms with Crippen molar-refractivity contribution in [3.05, 3.63) is 58.7 Å². The van der Waals surface area contributed by atoms with Crippen molar-refractivity contribution in [2.45, 2.75) is 24.2 Å². The zero-order valence-corrected chi connectivity index (χ0v) is 15.0. The minimum atomic E-state index is -3.68. The molecule has 0 amide bonds. The molecule has 0 aliphatic heterocycles. The Morgan fingerprint density at radius 2 is 1.88 bits per heavy atom. The van der Waals surface area contributed by atoms with Gasteiger partial charge in [-0.25, -0.2) is 18.1 Å². The molecule has 0 saturated carbocycles. The number of nitrogens with zero attached hydrogens (tertiary/aromatic N) is 1. The van der Waals surface area contributed by atoms with Crippen molar-refractivity contribution in [1.29, 1.82) is 0 Å². The van der Waals surface area contributed by atoms with Crippen LogP contribution in [-0.4, -0.2) is 25.1 Å². The molecule has 24 heavy (non-hydrogen) atoms. The van der Waals surface area contributed by atoms with E-state index < -0.39 is 16.1 Å². The maximum absolute atomic E-state index is 12.4. The molecular formula is C17H18N2O3S2. The van der Waals surface area contributed by atoms with E-state index >= 15 is 0 Å². The van der Waals surface area contributed by atoms with Gasteiger partial charge in [0.05, 0.1) is 16.8 Å². The normalized spacial score (nSPS) is 13.3. The lowest BCUT2D eigenvalue weighted by Crippen LogP contribution is -2.28. The molecular weight excluding hydrogens is 344 g/mol. The predicted molar refractivity (Wildman–Crippen MR) is 95.7 cm³/mol. The van der Waals surface area contributed by atoms with Crippen LogP contribution >= 0.6 is 11.3 Å². The SMILES string of the molecule is Cc1nc(C)c(S(=O)(=O)NCC(O)c2cccc3ccccc23)s1. The van der Waals surface area contributed by atoms with Crippen molar-refractivity contribution in [1.82, 2.24) is 9.71 Å². The molecule has 0 aliphatic carbocycles. The number of hydrogen-bond donors (Lipinski definition) is 2. The van der Waals surface area contributed by atoms with Gasteiger partial charge in [0.1, 0.15) is 0 Å². The fraction of sp³-hybridized carbons (Fsp3) is 0.235. The number of rotatable bonds is 5. The number of aliphatic hydroxyl groups is 1. The summed E-state index contributed by atoms with van der Waals surface area (Å²) in [5.41, 5.74) is 1.18. The first kappa shape index (κ1) is 17.0. The number of thiazole rings is 1. The minimum absolute atomic E-state index is 0.0905. The van der Waals surface area contributed by atoms with E-state index in [-0.39, 0.29) is 10.8 Å². The average molecular weight is 362 g/mol. The molecule has 0 spiro atoms. The zero-order valence-electron chi connectivity index (χ0n) is 13.4. The van der Waals surface area contributed by atoms with E-state index in [9.17, 15) is 13.5 Å². The van der Waals surface area contributed by atoms with Crippen LogP contribution in [0.2, 0.25) is 0 Å². The second-order valence-corrected chi connectivity index (χ2v) is 8.71. The monoisotopic (exact) mass is 362 g/mol. The average Bonchev–Trinajstić information content (AvgIpc) is 2.91. The van der Waals surface area contributed by atoms with Crippen molar-refractivity contribution in [3.8, 4) is 0 Å². The fourth-order valence-corrected chi connectivity index (χ4v) is 5.23. The van der Waals surface area contributed by atoms with Gasteiger partial charge in [-0.05, 0) is 30.2 Å². The van der Waals surface area contributed by atoms with Crippen LogP contribution in [0.25, 0.3) is 10.8 Å². The smallest absolute Gasteiger partial charge is 0.252 e. The molecule has 0 bridgehead atoms. The van der Waals surface area contributed by atoms with Crippen LogP contribution in [0.15, 0.2) is 46.7 Å². The molecule has 3 rings (SSSR count). The van der Waals surface area contributed by atoms with E-state index in [0.29, 0.717) is 16.3 Å². The Labute approximate surface area is 145 Å². The fourth-order valence-electron chi connectivity index (χ4n) is 2.67. The number of fused-ring (bicyclic) bond motifs is 1. The Hall–Kier alpha value is -1.80. The van der Waals surface area contributed by atoms with Crippen LogP contribution in [0.5, 0.6) is 0 Å². The summed E-state index contributed by atoms with van der Waals surface area (Å²) in [6.07, 6.45) is -0.930. The Balaban J connectivity index is 1.82. The lowest BCUT2D eigenvalue weighted by Gasteiger charge is -2.14. The van der Waals surface area contributed by atoms with Crippen LogP contribution in [-0.2, 0) is 10.0 Å².